The Morgan fingerprint density at radius 2 is 1.89 bits per heavy atom. The van der Waals surface area contributed by atoms with Gasteiger partial charge in [-0.15, -0.1) is 11.3 Å². The highest BCUT2D eigenvalue weighted by molar-refractivity contribution is 7.17. The van der Waals surface area contributed by atoms with E-state index in [2.05, 4.69) is 0 Å². The van der Waals surface area contributed by atoms with Crippen LogP contribution in [0.15, 0.2) is 42.5 Å². The van der Waals surface area contributed by atoms with Crippen molar-refractivity contribution in [2.24, 2.45) is 0 Å². The van der Waals surface area contributed by atoms with E-state index in [1.807, 2.05) is 24.3 Å². The maximum Gasteiger partial charge on any atom is 0.268 e. The summed E-state index contributed by atoms with van der Waals surface area (Å²) in [5, 5.41) is 0.440. The van der Waals surface area contributed by atoms with Crippen LogP contribution in [0.2, 0.25) is 5.02 Å². The van der Waals surface area contributed by atoms with Crippen LogP contribution < -0.4 is 21.1 Å². The number of rotatable bonds is 2. The summed E-state index contributed by atoms with van der Waals surface area (Å²) >= 11 is 7.71. The lowest BCUT2D eigenvalue weighted by atomic mass is 10.1. The molecule has 7 heteroatoms. The summed E-state index contributed by atoms with van der Waals surface area (Å²) in [6, 6.07) is 12.6. The van der Waals surface area contributed by atoms with Crippen LogP contribution in [0.4, 0.5) is 17.1 Å². The van der Waals surface area contributed by atoms with E-state index in [1.165, 1.54) is 11.3 Å². The summed E-state index contributed by atoms with van der Waals surface area (Å²) in [6.45, 7) is 0.563. The van der Waals surface area contributed by atoms with Crippen molar-refractivity contribution in [3.8, 4) is 16.2 Å². The van der Waals surface area contributed by atoms with Gasteiger partial charge in [0.15, 0.2) is 0 Å². The maximum absolute atomic E-state index is 13.1. The van der Waals surface area contributed by atoms with Gasteiger partial charge in [-0.1, -0.05) is 11.6 Å². The Labute approximate surface area is 166 Å². The lowest BCUT2D eigenvalue weighted by Crippen LogP contribution is -2.25. The summed E-state index contributed by atoms with van der Waals surface area (Å²) in [5.74, 6) is 0.671. The normalized spacial score (nSPS) is 12.5. The van der Waals surface area contributed by atoms with Crippen molar-refractivity contribution in [1.29, 1.82) is 0 Å². The lowest BCUT2D eigenvalue weighted by Gasteiger charge is -2.18. The van der Waals surface area contributed by atoms with E-state index in [1.54, 1.807) is 30.1 Å². The van der Waals surface area contributed by atoms with Gasteiger partial charge in [0.25, 0.3) is 5.91 Å². The van der Waals surface area contributed by atoms with Crippen LogP contribution in [0.25, 0.3) is 10.4 Å². The minimum Gasteiger partial charge on any atom is -0.493 e. The average Bonchev–Trinajstić information content (AvgIpc) is 2.98. The van der Waals surface area contributed by atoms with E-state index in [0.717, 1.165) is 28.2 Å². The van der Waals surface area contributed by atoms with Gasteiger partial charge in [-0.05, 0) is 48.0 Å². The number of carbonyl (C=O) groups excluding carboxylic acids is 1. The Bertz CT molecular complexity index is 1050. The molecule has 0 spiro atoms. The zero-order valence-corrected chi connectivity index (χ0v) is 16.2. The molecule has 0 saturated carbocycles. The molecule has 4 N–H and O–H groups in total. The third-order valence-electron chi connectivity index (χ3n) is 4.53. The SMILES string of the molecule is CN(C(=O)c1cc2c(s1)-c1cc(N)ccc1OCC2)c1ccc(N)cc1Cl. The number of nitrogens with zero attached hydrogens (tertiary/aromatic N) is 1. The van der Waals surface area contributed by atoms with Gasteiger partial charge < -0.3 is 21.1 Å². The zero-order chi connectivity index (χ0) is 19.1. The van der Waals surface area contributed by atoms with Crippen molar-refractivity contribution in [1.82, 2.24) is 0 Å². The predicted molar refractivity (Wildman–Crippen MR) is 112 cm³/mol. The highest BCUT2D eigenvalue weighted by Gasteiger charge is 2.24. The number of carbonyl (C=O) groups is 1. The van der Waals surface area contributed by atoms with Crippen molar-refractivity contribution in [2.75, 3.05) is 30.0 Å². The van der Waals surface area contributed by atoms with Crippen molar-refractivity contribution >= 4 is 45.9 Å². The van der Waals surface area contributed by atoms with Gasteiger partial charge >= 0.3 is 0 Å². The summed E-state index contributed by atoms with van der Waals surface area (Å²) in [6.07, 6.45) is 0.736. The number of thiophene rings is 1. The van der Waals surface area contributed by atoms with Crippen molar-refractivity contribution < 1.29 is 9.53 Å². The molecule has 0 radical (unpaired) electrons. The zero-order valence-electron chi connectivity index (χ0n) is 14.7. The molecule has 0 fully saturated rings. The van der Waals surface area contributed by atoms with E-state index in [4.69, 9.17) is 27.8 Å². The number of fused-ring (bicyclic) bond motifs is 3. The van der Waals surface area contributed by atoms with Gasteiger partial charge in [-0.25, -0.2) is 0 Å². The fourth-order valence-electron chi connectivity index (χ4n) is 3.14. The van der Waals surface area contributed by atoms with Crippen molar-refractivity contribution in [3.63, 3.8) is 0 Å². The van der Waals surface area contributed by atoms with Gasteiger partial charge in [0.2, 0.25) is 0 Å². The Balaban J connectivity index is 1.73. The van der Waals surface area contributed by atoms with Crippen LogP contribution in [-0.4, -0.2) is 19.6 Å². The smallest absolute Gasteiger partial charge is 0.268 e. The summed E-state index contributed by atoms with van der Waals surface area (Å²) in [5.41, 5.74) is 15.6. The fraction of sp³-hybridized carbons (Fsp3) is 0.150. The molecule has 2 heterocycles. The van der Waals surface area contributed by atoms with Crippen LogP contribution in [0.1, 0.15) is 15.2 Å². The Morgan fingerprint density at radius 3 is 2.67 bits per heavy atom. The molecular weight excluding hydrogens is 382 g/mol. The molecule has 0 saturated heterocycles. The lowest BCUT2D eigenvalue weighted by molar-refractivity contribution is 0.0997. The Hall–Kier alpha value is -2.70. The maximum atomic E-state index is 13.1. The van der Waals surface area contributed by atoms with Gasteiger partial charge in [0, 0.05) is 35.3 Å². The van der Waals surface area contributed by atoms with Crippen LogP contribution in [0.3, 0.4) is 0 Å². The first kappa shape index (κ1) is 17.7. The van der Waals surface area contributed by atoms with Crippen molar-refractivity contribution in [2.45, 2.75) is 6.42 Å². The molecule has 0 atom stereocenters. The number of hydrogen-bond acceptors (Lipinski definition) is 5. The number of hydrogen-bond donors (Lipinski definition) is 2. The molecule has 0 bridgehead atoms. The first-order valence-corrected chi connectivity index (χ1v) is 9.62. The van der Waals surface area contributed by atoms with E-state index in [0.29, 0.717) is 33.6 Å². The van der Waals surface area contributed by atoms with E-state index >= 15 is 0 Å². The van der Waals surface area contributed by atoms with Gasteiger partial charge in [0.05, 0.1) is 22.2 Å². The van der Waals surface area contributed by atoms with Crippen molar-refractivity contribution in [3.05, 3.63) is 57.9 Å². The molecule has 0 unspecified atom stereocenters. The third-order valence-corrected chi connectivity index (χ3v) is 6.04. The molecule has 3 aromatic rings. The molecule has 1 aliphatic heterocycles. The average molecular weight is 400 g/mol. The molecule has 1 aromatic heterocycles. The second kappa shape index (κ2) is 6.79. The largest absolute Gasteiger partial charge is 0.493 e. The standard InChI is InChI=1S/C20H18ClN3O2S/c1-24(16-4-2-13(23)10-15(16)21)20(25)18-8-11-6-7-26-17-5-3-12(22)9-14(17)19(11)27-18/h2-5,8-10H,6-7,22-23H2,1H3. The molecule has 1 aliphatic rings. The molecule has 5 nitrogen and oxygen atoms in total. The monoisotopic (exact) mass is 399 g/mol. The van der Waals surface area contributed by atoms with E-state index in [-0.39, 0.29) is 5.91 Å². The second-order valence-electron chi connectivity index (χ2n) is 6.39. The Kier molecular flexibility index (Phi) is 4.45. The highest BCUT2D eigenvalue weighted by Crippen LogP contribution is 2.42. The van der Waals surface area contributed by atoms with E-state index < -0.39 is 0 Å². The number of amides is 1. The first-order chi connectivity index (χ1) is 12.9. The molecule has 2 aromatic carbocycles. The number of ether oxygens (including phenoxy) is 1. The van der Waals surface area contributed by atoms with E-state index in [9.17, 15) is 4.79 Å². The van der Waals surface area contributed by atoms with Gasteiger partial charge in [-0.2, -0.15) is 0 Å². The van der Waals surface area contributed by atoms with Crippen LogP contribution >= 0.6 is 22.9 Å². The van der Waals surface area contributed by atoms with Gasteiger partial charge in [-0.3, -0.25) is 4.79 Å². The number of halogens is 1. The number of anilines is 3. The Morgan fingerprint density at radius 1 is 1.15 bits per heavy atom. The molecule has 1 amide bonds. The summed E-state index contributed by atoms with van der Waals surface area (Å²) in [7, 11) is 1.71. The van der Waals surface area contributed by atoms with Crippen LogP contribution in [0.5, 0.6) is 5.75 Å². The summed E-state index contributed by atoms with van der Waals surface area (Å²) in [4.78, 5) is 16.3. The first-order valence-electron chi connectivity index (χ1n) is 8.42. The number of nitrogens with two attached hydrogens (primary N) is 2. The second-order valence-corrected chi connectivity index (χ2v) is 7.85. The number of nitrogen functional groups attached to an aromatic ring is 2. The molecular formula is C20H18ClN3O2S. The van der Waals surface area contributed by atoms with Gasteiger partial charge in [0.1, 0.15) is 5.75 Å². The topological polar surface area (TPSA) is 81.6 Å². The third kappa shape index (κ3) is 3.22. The highest BCUT2D eigenvalue weighted by atomic mass is 35.5. The quantitative estimate of drug-likeness (QED) is 0.624. The predicted octanol–water partition coefficient (Wildman–Crippen LogP) is 4.44. The molecule has 138 valence electrons. The van der Waals surface area contributed by atoms with Crippen LogP contribution in [-0.2, 0) is 6.42 Å². The molecule has 27 heavy (non-hydrogen) atoms. The summed E-state index contributed by atoms with van der Waals surface area (Å²) < 4.78 is 5.81. The number of benzene rings is 2. The van der Waals surface area contributed by atoms with Crippen LogP contribution in [0, 0.1) is 0 Å². The minimum atomic E-state index is -0.119. The molecule has 0 aliphatic carbocycles. The fourth-order valence-corrected chi connectivity index (χ4v) is 4.66. The minimum absolute atomic E-state index is 0.119. The molecule has 4 rings (SSSR count).